The molecular formula is C14H20N2O3S. The third-order valence-electron chi connectivity index (χ3n) is 3.52. The topological polar surface area (TPSA) is 75.3 Å². The van der Waals surface area contributed by atoms with E-state index in [2.05, 4.69) is 10.0 Å². The molecule has 2 N–H and O–H groups in total. The first-order chi connectivity index (χ1) is 9.35. The number of nitrogens with one attached hydrogen (secondary N) is 2. The first-order valence-electron chi connectivity index (χ1n) is 6.73. The number of carbonyl (C=O) groups excluding carboxylic acids is 1. The van der Waals surface area contributed by atoms with E-state index in [4.69, 9.17) is 0 Å². The van der Waals surface area contributed by atoms with E-state index >= 15 is 0 Å². The summed E-state index contributed by atoms with van der Waals surface area (Å²) in [6.45, 7) is 1.90. The van der Waals surface area contributed by atoms with Crippen molar-refractivity contribution in [1.29, 1.82) is 0 Å². The zero-order valence-electron chi connectivity index (χ0n) is 11.7. The van der Waals surface area contributed by atoms with Crippen LogP contribution in [0, 0.1) is 5.92 Å². The predicted octanol–water partition coefficient (Wildman–Crippen LogP) is 2.04. The largest absolute Gasteiger partial charge is 0.349 e. The molecule has 1 aliphatic rings. The molecule has 1 aliphatic carbocycles. The molecule has 5 nitrogen and oxygen atoms in total. The fraction of sp³-hybridized carbons (Fsp3) is 0.500. The van der Waals surface area contributed by atoms with Crippen LogP contribution in [0.5, 0.6) is 0 Å². The Morgan fingerprint density at radius 1 is 1.35 bits per heavy atom. The second-order valence-electron chi connectivity index (χ2n) is 5.36. The van der Waals surface area contributed by atoms with E-state index in [1.54, 1.807) is 18.2 Å². The second-order valence-corrected chi connectivity index (χ2v) is 7.11. The van der Waals surface area contributed by atoms with Gasteiger partial charge in [0.25, 0.3) is 0 Å². The maximum Gasteiger partial charge on any atom is 0.229 e. The summed E-state index contributed by atoms with van der Waals surface area (Å²) in [4.78, 5) is 11.9. The average molecular weight is 296 g/mol. The molecule has 0 saturated heterocycles. The van der Waals surface area contributed by atoms with E-state index < -0.39 is 10.0 Å². The standard InChI is InChI=1S/C14H20N2O3S/c1-10(15-14(17)11-5-3-6-11)12-7-4-8-13(9-12)16-20(2,18)19/h4,7-11,16H,3,5-6H2,1-2H3,(H,15,17). The monoisotopic (exact) mass is 296 g/mol. The van der Waals surface area contributed by atoms with Crippen molar-refractivity contribution in [2.75, 3.05) is 11.0 Å². The molecule has 0 radical (unpaired) electrons. The highest BCUT2D eigenvalue weighted by Crippen LogP contribution is 2.27. The van der Waals surface area contributed by atoms with Gasteiger partial charge in [-0.15, -0.1) is 0 Å². The van der Waals surface area contributed by atoms with E-state index in [1.807, 2.05) is 13.0 Å². The zero-order valence-corrected chi connectivity index (χ0v) is 12.5. The molecule has 110 valence electrons. The second kappa shape index (κ2) is 5.83. The molecule has 1 unspecified atom stereocenters. The Balaban J connectivity index is 2.03. The van der Waals surface area contributed by atoms with Crippen LogP contribution in [0.15, 0.2) is 24.3 Å². The molecule has 2 rings (SSSR count). The molecule has 6 heteroatoms. The van der Waals surface area contributed by atoms with E-state index in [0.29, 0.717) is 5.69 Å². The molecule has 0 heterocycles. The van der Waals surface area contributed by atoms with E-state index in [9.17, 15) is 13.2 Å². The predicted molar refractivity (Wildman–Crippen MR) is 78.8 cm³/mol. The van der Waals surface area contributed by atoms with Gasteiger partial charge in [0, 0.05) is 11.6 Å². The summed E-state index contributed by atoms with van der Waals surface area (Å²) in [6.07, 6.45) is 4.17. The molecule has 0 aliphatic heterocycles. The SMILES string of the molecule is CC(NC(=O)C1CCC1)c1cccc(NS(C)(=O)=O)c1. The quantitative estimate of drug-likeness (QED) is 0.873. The lowest BCUT2D eigenvalue weighted by Crippen LogP contribution is -2.35. The van der Waals surface area contributed by atoms with Crippen molar-refractivity contribution in [2.45, 2.75) is 32.2 Å². The van der Waals surface area contributed by atoms with Gasteiger partial charge >= 0.3 is 0 Å². The summed E-state index contributed by atoms with van der Waals surface area (Å²) in [6, 6.07) is 6.94. The van der Waals surface area contributed by atoms with Gasteiger partial charge in [0.2, 0.25) is 15.9 Å². The van der Waals surface area contributed by atoms with Crippen molar-refractivity contribution in [3.05, 3.63) is 29.8 Å². The van der Waals surface area contributed by atoms with Crippen LogP contribution in [0.1, 0.15) is 37.8 Å². The van der Waals surface area contributed by atoms with E-state index in [-0.39, 0.29) is 17.9 Å². The molecule has 1 aromatic rings. The highest BCUT2D eigenvalue weighted by atomic mass is 32.2. The van der Waals surface area contributed by atoms with Crippen LogP contribution >= 0.6 is 0 Å². The summed E-state index contributed by atoms with van der Waals surface area (Å²) < 4.78 is 24.9. The van der Waals surface area contributed by atoms with Crippen LogP contribution in [-0.4, -0.2) is 20.6 Å². The van der Waals surface area contributed by atoms with Crippen molar-refractivity contribution in [3.8, 4) is 0 Å². The molecule has 1 aromatic carbocycles. The molecule has 1 saturated carbocycles. The lowest BCUT2D eigenvalue weighted by molar-refractivity contribution is -0.128. The Kier molecular flexibility index (Phi) is 4.32. The number of rotatable bonds is 5. The average Bonchev–Trinajstić information content (AvgIpc) is 2.24. The van der Waals surface area contributed by atoms with Gasteiger partial charge in [-0.2, -0.15) is 0 Å². The van der Waals surface area contributed by atoms with Crippen LogP contribution in [0.2, 0.25) is 0 Å². The van der Waals surface area contributed by atoms with Gasteiger partial charge in [0.1, 0.15) is 0 Å². The van der Waals surface area contributed by atoms with Gasteiger partial charge < -0.3 is 5.32 Å². The molecule has 0 bridgehead atoms. The fourth-order valence-electron chi connectivity index (χ4n) is 2.17. The van der Waals surface area contributed by atoms with Crippen LogP contribution in [0.3, 0.4) is 0 Å². The highest BCUT2D eigenvalue weighted by Gasteiger charge is 2.26. The Bertz CT molecular complexity index is 594. The Morgan fingerprint density at radius 3 is 2.60 bits per heavy atom. The van der Waals surface area contributed by atoms with Gasteiger partial charge in [0.15, 0.2) is 0 Å². The lowest BCUT2D eigenvalue weighted by Gasteiger charge is -2.26. The maximum atomic E-state index is 11.9. The smallest absolute Gasteiger partial charge is 0.229 e. The van der Waals surface area contributed by atoms with Crippen molar-refractivity contribution in [3.63, 3.8) is 0 Å². The number of anilines is 1. The maximum absolute atomic E-state index is 11.9. The first-order valence-corrected chi connectivity index (χ1v) is 8.62. The van der Waals surface area contributed by atoms with Crippen LogP contribution in [0.25, 0.3) is 0 Å². The van der Waals surface area contributed by atoms with Gasteiger partial charge in [-0.3, -0.25) is 9.52 Å². The molecule has 0 spiro atoms. The van der Waals surface area contributed by atoms with Crippen LogP contribution in [0.4, 0.5) is 5.69 Å². The minimum absolute atomic E-state index is 0.0882. The zero-order chi connectivity index (χ0) is 14.8. The fourth-order valence-corrected chi connectivity index (χ4v) is 2.73. The first kappa shape index (κ1) is 14.8. The van der Waals surface area contributed by atoms with Crippen molar-refractivity contribution in [2.24, 2.45) is 5.92 Å². The molecule has 1 fully saturated rings. The Morgan fingerprint density at radius 2 is 2.05 bits per heavy atom. The van der Waals surface area contributed by atoms with Crippen LogP contribution < -0.4 is 10.0 Å². The van der Waals surface area contributed by atoms with E-state index in [1.165, 1.54) is 0 Å². The summed E-state index contributed by atoms with van der Waals surface area (Å²) >= 11 is 0. The van der Waals surface area contributed by atoms with Gasteiger partial charge in [-0.25, -0.2) is 8.42 Å². The van der Waals surface area contributed by atoms with E-state index in [0.717, 1.165) is 31.1 Å². The number of carbonyl (C=O) groups is 1. The minimum atomic E-state index is -3.29. The number of benzene rings is 1. The molecule has 0 aromatic heterocycles. The highest BCUT2D eigenvalue weighted by molar-refractivity contribution is 7.92. The third-order valence-corrected chi connectivity index (χ3v) is 4.13. The molecular weight excluding hydrogens is 276 g/mol. The summed E-state index contributed by atoms with van der Waals surface area (Å²) in [7, 11) is -3.29. The van der Waals surface area contributed by atoms with Gasteiger partial charge in [0.05, 0.1) is 12.3 Å². The summed E-state index contributed by atoms with van der Waals surface area (Å²) in [5, 5.41) is 2.97. The Hall–Kier alpha value is -1.56. The van der Waals surface area contributed by atoms with Crippen molar-refractivity contribution < 1.29 is 13.2 Å². The van der Waals surface area contributed by atoms with Crippen molar-refractivity contribution >= 4 is 21.6 Å². The molecule has 20 heavy (non-hydrogen) atoms. The summed E-state index contributed by atoms with van der Waals surface area (Å²) in [5.41, 5.74) is 1.39. The van der Waals surface area contributed by atoms with Gasteiger partial charge in [-0.05, 0) is 37.5 Å². The summed E-state index contributed by atoms with van der Waals surface area (Å²) in [5.74, 6) is 0.236. The Labute approximate surface area is 119 Å². The number of amides is 1. The lowest BCUT2D eigenvalue weighted by atomic mass is 9.84. The third kappa shape index (κ3) is 3.96. The van der Waals surface area contributed by atoms with Crippen LogP contribution in [-0.2, 0) is 14.8 Å². The number of hydrogen-bond donors (Lipinski definition) is 2. The molecule has 1 amide bonds. The molecule has 1 atom stereocenters. The number of hydrogen-bond acceptors (Lipinski definition) is 3. The van der Waals surface area contributed by atoms with Gasteiger partial charge in [-0.1, -0.05) is 18.6 Å². The normalized spacial score (nSPS) is 17.1. The van der Waals surface area contributed by atoms with Crippen molar-refractivity contribution in [1.82, 2.24) is 5.32 Å². The minimum Gasteiger partial charge on any atom is -0.349 e. The number of sulfonamides is 1.